The molecule has 0 spiro atoms. The minimum Gasteiger partial charge on any atom is -0.462 e. The largest absolute Gasteiger partial charge is 0.462 e. The van der Waals surface area contributed by atoms with Crippen molar-refractivity contribution in [3.05, 3.63) is 21.9 Å². The van der Waals surface area contributed by atoms with Crippen molar-refractivity contribution in [3.63, 3.8) is 0 Å². The summed E-state index contributed by atoms with van der Waals surface area (Å²) in [4.78, 5) is 11.1. The second-order valence-electron chi connectivity index (χ2n) is 2.23. The molecule has 0 radical (unpaired) electrons. The molecule has 0 aliphatic rings. The maximum Gasteiger partial charge on any atom is 0.348 e. The van der Waals surface area contributed by atoms with Gasteiger partial charge in [-0.15, -0.1) is 11.3 Å². The van der Waals surface area contributed by atoms with E-state index in [1.54, 1.807) is 6.92 Å². The number of hydrogen-bond acceptors (Lipinski definition) is 3. The fraction of sp³-hybridized carbons (Fsp3) is 0.375. The van der Waals surface area contributed by atoms with E-state index in [-0.39, 0.29) is 17.0 Å². The molecule has 0 aromatic carbocycles. The maximum atomic E-state index is 12.3. The third kappa shape index (κ3) is 2.24. The van der Waals surface area contributed by atoms with Gasteiger partial charge in [0, 0.05) is 5.56 Å². The van der Waals surface area contributed by atoms with Gasteiger partial charge in [0.15, 0.2) is 0 Å². The highest BCUT2D eigenvalue weighted by molar-refractivity contribution is 7.12. The smallest absolute Gasteiger partial charge is 0.348 e. The molecule has 72 valence electrons. The van der Waals surface area contributed by atoms with E-state index in [1.807, 2.05) is 0 Å². The van der Waals surface area contributed by atoms with Crippen LogP contribution in [0.2, 0.25) is 0 Å². The van der Waals surface area contributed by atoms with E-state index in [9.17, 15) is 13.6 Å². The number of carbonyl (C=O) groups is 1. The second kappa shape index (κ2) is 4.32. The number of carbonyl (C=O) groups excluding carboxylic acids is 1. The van der Waals surface area contributed by atoms with Crippen LogP contribution < -0.4 is 0 Å². The van der Waals surface area contributed by atoms with Crippen LogP contribution in [0.1, 0.15) is 28.6 Å². The molecule has 0 amide bonds. The van der Waals surface area contributed by atoms with Crippen LogP contribution in [-0.2, 0) is 4.74 Å². The van der Waals surface area contributed by atoms with Gasteiger partial charge in [0.2, 0.25) is 0 Å². The van der Waals surface area contributed by atoms with Gasteiger partial charge in [0.1, 0.15) is 4.88 Å². The highest BCUT2D eigenvalue weighted by Gasteiger charge is 2.20. The van der Waals surface area contributed by atoms with Crippen LogP contribution in [0.25, 0.3) is 0 Å². The van der Waals surface area contributed by atoms with Gasteiger partial charge in [-0.2, -0.15) is 0 Å². The van der Waals surface area contributed by atoms with Crippen molar-refractivity contribution in [2.24, 2.45) is 0 Å². The average molecular weight is 206 g/mol. The standard InChI is InChI=1S/C8H8F2O2S/c1-2-12-8(11)6-5(7(9)10)3-4-13-6/h3-4,7H,2H2,1H3. The van der Waals surface area contributed by atoms with Gasteiger partial charge in [-0.05, 0) is 18.4 Å². The quantitative estimate of drug-likeness (QED) is 0.711. The molecule has 5 heteroatoms. The van der Waals surface area contributed by atoms with Gasteiger partial charge in [-0.25, -0.2) is 13.6 Å². The van der Waals surface area contributed by atoms with E-state index in [0.717, 1.165) is 11.3 Å². The first-order chi connectivity index (χ1) is 6.16. The molecular formula is C8H8F2O2S. The molecule has 0 aliphatic heterocycles. The molecule has 0 fully saturated rings. The number of alkyl halides is 2. The fourth-order valence-electron chi connectivity index (χ4n) is 0.854. The Morgan fingerprint density at radius 2 is 2.38 bits per heavy atom. The Hall–Kier alpha value is -0.970. The van der Waals surface area contributed by atoms with Gasteiger partial charge < -0.3 is 4.74 Å². The Morgan fingerprint density at radius 1 is 1.69 bits per heavy atom. The van der Waals surface area contributed by atoms with Crippen LogP contribution in [0.4, 0.5) is 8.78 Å². The number of ether oxygens (including phenoxy) is 1. The van der Waals surface area contributed by atoms with Crippen LogP contribution >= 0.6 is 11.3 Å². The van der Waals surface area contributed by atoms with Crippen molar-refractivity contribution in [1.29, 1.82) is 0 Å². The lowest BCUT2D eigenvalue weighted by atomic mass is 10.3. The molecule has 0 saturated carbocycles. The molecular weight excluding hydrogens is 198 g/mol. The third-order valence-electron chi connectivity index (χ3n) is 1.39. The van der Waals surface area contributed by atoms with Crippen molar-refractivity contribution >= 4 is 17.3 Å². The van der Waals surface area contributed by atoms with Gasteiger partial charge >= 0.3 is 5.97 Å². The summed E-state index contributed by atoms with van der Waals surface area (Å²) in [5.41, 5.74) is -0.247. The summed E-state index contributed by atoms with van der Waals surface area (Å²) in [7, 11) is 0. The first-order valence-electron chi connectivity index (χ1n) is 3.69. The van der Waals surface area contributed by atoms with Gasteiger partial charge in [0.25, 0.3) is 6.43 Å². The summed E-state index contributed by atoms with van der Waals surface area (Å²) in [6.07, 6.45) is -2.62. The van der Waals surface area contributed by atoms with E-state index in [1.165, 1.54) is 11.4 Å². The number of hydrogen-bond donors (Lipinski definition) is 0. The topological polar surface area (TPSA) is 26.3 Å². The number of thiophene rings is 1. The molecule has 0 bridgehead atoms. The van der Waals surface area contributed by atoms with Crippen LogP contribution in [-0.4, -0.2) is 12.6 Å². The normalized spacial score (nSPS) is 10.5. The van der Waals surface area contributed by atoms with Gasteiger partial charge in [-0.1, -0.05) is 0 Å². The predicted octanol–water partition coefficient (Wildman–Crippen LogP) is 2.86. The number of esters is 1. The Bertz CT molecular complexity index is 296. The summed E-state index contributed by atoms with van der Waals surface area (Å²) in [6, 6.07) is 1.24. The maximum absolute atomic E-state index is 12.3. The molecule has 13 heavy (non-hydrogen) atoms. The fourth-order valence-corrected chi connectivity index (χ4v) is 1.65. The first-order valence-corrected chi connectivity index (χ1v) is 4.57. The molecule has 0 N–H and O–H groups in total. The van der Waals surface area contributed by atoms with Crippen molar-refractivity contribution < 1.29 is 18.3 Å². The highest BCUT2D eigenvalue weighted by Crippen LogP contribution is 2.27. The number of rotatable bonds is 3. The Kier molecular flexibility index (Phi) is 3.36. The van der Waals surface area contributed by atoms with E-state index < -0.39 is 12.4 Å². The lowest BCUT2D eigenvalue weighted by Gasteiger charge is -2.01. The van der Waals surface area contributed by atoms with Crippen LogP contribution in [0.15, 0.2) is 11.4 Å². The monoisotopic (exact) mass is 206 g/mol. The Morgan fingerprint density at radius 3 is 2.92 bits per heavy atom. The van der Waals surface area contributed by atoms with Crippen molar-refractivity contribution in [1.82, 2.24) is 0 Å². The first kappa shape index (κ1) is 10.1. The highest BCUT2D eigenvalue weighted by atomic mass is 32.1. The van der Waals surface area contributed by atoms with E-state index in [4.69, 9.17) is 0 Å². The zero-order chi connectivity index (χ0) is 9.84. The average Bonchev–Trinajstić information content (AvgIpc) is 2.52. The minimum absolute atomic E-state index is 0.00292. The SMILES string of the molecule is CCOC(=O)c1sccc1C(F)F. The van der Waals surface area contributed by atoms with Gasteiger partial charge in [0.05, 0.1) is 6.61 Å². The minimum atomic E-state index is -2.62. The summed E-state index contributed by atoms with van der Waals surface area (Å²) in [5, 5.41) is 1.45. The number of halogens is 2. The lowest BCUT2D eigenvalue weighted by Crippen LogP contribution is -2.05. The summed E-state index contributed by atoms with van der Waals surface area (Å²) in [5.74, 6) is -0.673. The molecule has 1 aromatic rings. The Balaban J connectivity index is 2.87. The van der Waals surface area contributed by atoms with Crippen LogP contribution in [0.5, 0.6) is 0 Å². The lowest BCUT2D eigenvalue weighted by molar-refractivity contribution is 0.0522. The zero-order valence-corrected chi connectivity index (χ0v) is 7.74. The Labute approximate surface area is 78.1 Å². The van der Waals surface area contributed by atoms with Crippen molar-refractivity contribution in [2.75, 3.05) is 6.61 Å². The molecule has 0 saturated heterocycles. The summed E-state index contributed by atoms with van der Waals surface area (Å²) < 4.78 is 29.1. The van der Waals surface area contributed by atoms with Crippen molar-refractivity contribution in [3.8, 4) is 0 Å². The van der Waals surface area contributed by atoms with Crippen molar-refractivity contribution in [2.45, 2.75) is 13.3 Å². The van der Waals surface area contributed by atoms with Crippen LogP contribution in [0.3, 0.4) is 0 Å². The van der Waals surface area contributed by atoms with E-state index >= 15 is 0 Å². The summed E-state index contributed by atoms with van der Waals surface area (Å²) >= 11 is 0.971. The molecule has 0 aliphatic carbocycles. The van der Waals surface area contributed by atoms with Crippen LogP contribution in [0, 0.1) is 0 Å². The second-order valence-corrected chi connectivity index (χ2v) is 3.14. The molecule has 1 heterocycles. The molecule has 1 aromatic heterocycles. The van der Waals surface area contributed by atoms with Gasteiger partial charge in [-0.3, -0.25) is 0 Å². The molecule has 0 unspecified atom stereocenters. The zero-order valence-electron chi connectivity index (χ0n) is 6.92. The molecule has 2 nitrogen and oxygen atoms in total. The molecule has 0 atom stereocenters. The predicted molar refractivity (Wildman–Crippen MR) is 45.2 cm³/mol. The molecule has 1 rings (SSSR count). The van der Waals surface area contributed by atoms with E-state index in [0.29, 0.717) is 0 Å². The third-order valence-corrected chi connectivity index (χ3v) is 2.30. The van der Waals surface area contributed by atoms with E-state index in [2.05, 4.69) is 4.74 Å². The summed E-state index contributed by atoms with van der Waals surface area (Å²) in [6.45, 7) is 1.83.